The molecule has 10 heteroatoms. The number of benzene rings is 1. The molecule has 10 nitrogen and oxygen atoms in total. The number of anilines is 1. The summed E-state index contributed by atoms with van der Waals surface area (Å²) >= 11 is 0. The smallest absolute Gasteiger partial charge is 0.410 e. The fraction of sp³-hybridized carbons (Fsp3) is 0.645. The molecular formula is C31H43N5O5. The molecule has 1 aromatic carbocycles. The number of rotatable bonds is 3. The van der Waals surface area contributed by atoms with Gasteiger partial charge in [-0.3, -0.25) is 0 Å². The van der Waals surface area contributed by atoms with Crippen molar-refractivity contribution >= 4 is 18.1 Å². The van der Waals surface area contributed by atoms with Crippen LogP contribution in [0.2, 0.25) is 0 Å². The maximum absolute atomic E-state index is 12.8. The molecule has 3 fully saturated rings. The van der Waals surface area contributed by atoms with E-state index in [-0.39, 0.29) is 12.2 Å². The predicted molar refractivity (Wildman–Crippen MR) is 155 cm³/mol. The summed E-state index contributed by atoms with van der Waals surface area (Å²) in [5.41, 5.74) is 3.03. The van der Waals surface area contributed by atoms with Crippen LogP contribution >= 0.6 is 0 Å². The van der Waals surface area contributed by atoms with Gasteiger partial charge < -0.3 is 33.5 Å². The summed E-state index contributed by atoms with van der Waals surface area (Å²) < 4.78 is 20.3. The molecular weight excluding hydrogens is 522 g/mol. The Morgan fingerprint density at radius 2 is 1.76 bits per heavy atom. The molecule has 6 rings (SSSR count). The average Bonchev–Trinajstić information content (AvgIpc) is 3.71. The van der Waals surface area contributed by atoms with E-state index in [9.17, 15) is 9.59 Å². The highest BCUT2D eigenvalue weighted by molar-refractivity contribution is 5.75. The number of likely N-dealkylation sites (tertiary alicyclic amines) is 1. The summed E-state index contributed by atoms with van der Waals surface area (Å²) in [6.45, 7) is 12.1. The van der Waals surface area contributed by atoms with E-state index in [0.29, 0.717) is 58.1 Å². The van der Waals surface area contributed by atoms with Crippen LogP contribution in [0.4, 0.5) is 15.5 Å². The van der Waals surface area contributed by atoms with Crippen LogP contribution in [0.15, 0.2) is 18.2 Å². The van der Waals surface area contributed by atoms with Crippen molar-refractivity contribution in [3.63, 3.8) is 0 Å². The van der Waals surface area contributed by atoms with Crippen LogP contribution < -0.4 is 9.64 Å². The topological polar surface area (TPSA) is 89.4 Å². The van der Waals surface area contributed by atoms with E-state index < -0.39 is 11.2 Å². The third-order valence-electron chi connectivity index (χ3n) is 8.60. The first-order chi connectivity index (χ1) is 19.5. The fourth-order valence-corrected chi connectivity index (χ4v) is 6.23. The zero-order chi connectivity index (χ0) is 28.9. The first-order valence-electron chi connectivity index (χ1n) is 15.0. The number of carbonyl (C=O) groups is 2. The Balaban J connectivity index is 1.26. The number of hydrogen-bond acceptors (Lipinski definition) is 7. The van der Waals surface area contributed by atoms with Crippen molar-refractivity contribution < 1.29 is 23.8 Å². The maximum Gasteiger partial charge on any atom is 0.410 e. The molecule has 3 aliphatic heterocycles. The van der Waals surface area contributed by atoms with E-state index in [1.54, 1.807) is 4.90 Å². The molecule has 0 unspecified atom stereocenters. The van der Waals surface area contributed by atoms with Crippen molar-refractivity contribution in [2.75, 3.05) is 50.8 Å². The number of hydrogen-bond donors (Lipinski definition) is 0. The van der Waals surface area contributed by atoms with Crippen LogP contribution in [0.25, 0.3) is 11.3 Å². The van der Waals surface area contributed by atoms with Gasteiger partial charge in [-0.15, -0.1) is 0 Å². The van der Waals surface area contributed by atoms with Gasteiger partial charge in [-0.2, -0.15) is 0 Å². The molecule has 0 N–H and O–H groups in total. The van der Waals surface area contributed by atoms with Gasteiger partial charge in [0.05, 0.1) is 12.3 Å². The molecule has 1 aliphatic carbocycles. The first kappa shape index (κ1) is 27.7. The minimum atomic E-state index is -0.586. The quantitative estimate of drug-likeness (QED) is 0.513. The van der Waals surface area contributed by atoms with E-state index >= 15 is 0 Å². The minimum Gasteiger partial charge on any atom is -0.480 e. The number of amides is 2. The third-order valence-corrected chi connectivity index (χ3v) is 8.60. The van der Waals surface area contributed by atoms with Crippen molar-refractivity contribution in [1.82, 2.24) is 19.4 Å². The van der Waals surface area contributed by atoms with Crippen LogP contribution in [0, 0.1) is 12.8 Å². The fourth-order valence-electron chi connectivity index (χ4n) is 6.23. The maximum atomic E-state index is 12.8. The molecule has 1 aromatic heterocycles. The summed E-state index contributed by atoms with van der Waals surface area (Å²) in [6.07, 6.45) is 3.98. The lowest BCUT2D eigenvalue weighted by atomic mass is 9.83. The Labute approximate surface area is 242 Å². The number of fused-ring (bicyclic) bond motifs is 4. The van der Waals surface area contributed by atoms with Gasteiger partial charge in [-0.1, -0.05) is 6.07 Å². The van der Waals surface area contributed by atoms with E-state index in [0.717, 1.165) is 60.0 Å². The first-order valence-corrected chi connectivity index (χ1v) is 15.0. The highest BCUT2D eigenvalue weighted by Crippen LogP contribution is 2.50. The molecule has 2 saturated heterocycles. The Morgan fingerprint density at radius 3 is 2.46 bits per heavy atom. The number of aromatic nitrogens is 2. The van der Waals surface area contributed by atoms with E-state index in [1.165, 1.54) is 0 Å². The van der Waals surface area contributed by atoms with Crippen LogP contribution in [0.1, 0.15) is 64.1 Å². The van der Waals surface area contributed by atoms with Gasteiger partial charge in [0.25, 0.3) is 0 Å². The number of piperidine rings is 1. The molecule has 1 spiro atoms. The van der Waals surface area contributed by atoms with Gasteiger partial charge in [0, 0.05) is 64.7 Å². The van der Waals surface area contributed by atoms with Gasteiger partial charge in [-0.05, 0) is 70.6 Å². The Kier molecular flexibility index (Phi) is 7.06. The molecule has 2 aromatic rings. The third kappa shape index (κ3) is 5.57. The molecule has 1 saturated carbocycles. The van der Waals surface area contributed by atoms with Crippen molar-refractivity contribution in [3.8, 4) is 17.0 Å². The molecule has 0 atom stereocenters. The lowest BCUT2D eigenvalue weighted by Crippen LogP contribution is -2.50. The summed E-state index contributed by atoms with van der Waals surface area (Å²) in [5, 5.41) is 0. The monoisotopic (exact) mass is 565 g/mol. The largest absolute Gasteiger partial charge is 0.480 e. The van der Waals surface area contributed by atoms with Crippen LogP contribution in [0.3, 0.4) is 0 Å². The number of nitrogens with zero attached hydrogens (tertiary/aromatic N) is 5. The summed E-state index contributed by atoms with van der Waals surface area (Å²) in [7, 11) is 2.07. The Hall–Kier alpha value is -3.43. The zero-order valence-electron chi connectivity index (χ0n) is 25.1. The second-order valence-electron chi connectivity index (χ2n) is 13.1. The second kappa shape index (κ2) is 10.4. The molecule has 0 bridgehead atoms. The normalized spacial score (nSPS) is 20.2. The lowest BCUT2D eigenvalue weighted by molar-refractivity contribution is -0.0109. The van der Waals surface area contributed by atoms with Crippen LogP contribution in [0.5, 0.6) is 5.75 Å². The van der Waals surface area contributed by atoms with Gasteiger partial charge >= 0.3 is 12.2 Å². The molecule has 2 amide bonds. The van der Waals surface area contributed by atoms with Crippen molar-refractivity contribution in [2.45, 2.75) is 71.0 Å². The van der Waals surface area contributed by atoms with E-state index in [4.69, 9.17) is 19.2 Å². The molecule has 4 heterocycles. The van der Waals surface area contributed by atoms with Gasteiger partial charge in [-0.25, -0.2) is 14.6 Å². The number of aryl methyl sites for hydroxylation is 1. The van der Waals surface area contributed by atoms with Gasteiger partial charge in [0.1, 0.15) is 17.0 Å². The van der Waals surface area contributed by atoms with Gasteiger partial charge in [0.2, 0.25) is 5.95 Å². The lowest BCUT2D eigenvalue weighted by Gasteiger charge is -2.44. The van der Waals surface area contributed by atoms with Crippen molar-refractivity contribution in [1.29, 1.82) is 0 Å². The minimum absolute atomic E-state index is 0.219. The summed E-state index contributed by atoms with van der Waals surface area (Å²) in [4.78, 5) is 36.7. The summed E-state index contributed by atoms with van der Waals surface area (Å²) in [6, 6.07) is 6.29. The number of carbonyl (C=O) groups excluding carboxylic acids is 2. The van der Waals surface area contributed by atoms with Crippen LogP contribution in [-0.4, -0.2) is 83.0 Å². The SMILES string of the molecule is Cc1ccc2c(c1)OC1(CCN(C(=O)OCC3CC3)CC1)c1c-2nc(N2CCCN(C(=O)OC(C)(C)C)CC2)n1C. The number of imidazole rings is 1. The number of ether oxygens (including phenoxy) is 3. The van der Waals surface area contributed by atoms with Crippen molar-refractivity contribution in [2.24, 2.45) is 13.0 Å². The van der Waals surface area contributed by atoms with E-state index in [1.807, 2.05) is 25.7 Å². The highest BCUT2D eigenvalue weighted by Gasteiger charge is 2.48. The zero-order valence-corrected chi connectivity index (χ0v) is 25.1. The predicted octanol–water partition coefficient (Wildman–Crippen LogP) is 5.07. The average molecular weight is 566 g/mol. The highest BCUT2D eigenvalue weighted by atomic mass is 16.6. The molecule has 41 heavy (non-hydrogen) atoms. The van der Waals surface area contributed by atoms with Crippen molar-refractivity contribution in [3.05, 3.63) is 29.5 Å². The molecule has 4 aliphatic rings. The molecule has 0 radical (unpaired) electrons. The second-order valence-corrected chi connectivity index (χ2v) is 13.1. The standard InChI is InChI=1S/C31H43N5O5/c1-21-7-10-23-24(19-21)40-31(11-15-36(16-12-31)28(37)39-20-22-8-9-22)26-25(23)32-27(33(26)5)34-13-6-14-35(18-17-34)29(38)41-30(2,3)4/h7,10,19,22H,6,8-9,11-18,20H2,1-5H3. The van der Waals surface area contributed by atoms with Gasteiger partial charge in [0.15, 0.2) is 5.60 Å². The molecule has 222 valence electrons. The van der Waals surface area contributed by atoms with Crippen LogP contribution in [-0.2, 0) is 22.1 Å². The summed E-state index contributed by atoms with van der Waals surface area (Å²) in [5.74, 6) is 2.27. The Morgan fingerprint density at radius 1 is 1.02 bits per heavy atom. The Bertz CT molecular complexity index is 1320. The van der Waals surface area contributed by atoms with E-state index in [2.05, 4.69) is 41.6 Å².